The minimum Gasteiger partial charge on any atom is -0.447 e. The zero-order chi connectivity index (χ0) is 27.2. The molecule has 3 rings (SSSR count). The molecule has 3 N–H and O–H groups in total. The average Bonchev–Trinajstić information content (AvgIpc) is 3.28. The van der Waals surface area contributed by atoms with Crippen LogP contribution in [0.1, 0.15) is 71.2 Å². The van der Waals surface area contributed by atoms with E-state index in [2.05, 4.69) is 25.6 Å². The van der Waals surface area contributed by atoms with E-state index in [1.54, 1.807) is 32.9 Å². The lowest BCUT2D eigenvalue weighted by molar-refractivity contribution is 0.109. The third-order valence-corrected chi connectivity index (χ3v) is 8.31. The van der Waals surface area contributed by atoms with Crippen molar-refractivity contribution >= 4 is 39.2 Å². The van der Waals surface area contributed by atoms with E-state index >= 15 is 0 Å². The van der Waals surface area contributed by atoms with Gasteiger partial charge >= 0.3 is 12.2 Å². The molecule has 1 aromatic carbocycles. The SMILES string of the molecule is CCNS(=O)(=O)c1cc(NC(=O)OC(C)C)ccc1-c1nnc(C2CCC(NC(=O)OC(C)C)CC2)s1. The Hall–Kier alpha value is -2.77. The van der Waals surface area contributed by atoms with Crippen molar-refractivity contribution < 1.29 is 27.5 Å². The maximum Gasteiger partial charge on any atom is 0.411 e. The number of rotatable bonds is 9. The van der Waals surface area contributed by atoms with Crippen molar-refractivity contribution in [1.29, 1.82) is 0 Å². The Morgan fingerprint density at radius 3 is 2.30 bits per heavy atom. The molecule has 1 heterocycles. The van der Waals surface area contributed by atoms with Crippen molar-refractivity contribution in [1.82, 2.24) is 20.2 Å². The maximum atomic E-state index is 13.0. The van der Waals surface area contributed by atoms with Gasteiger partial charge in [-0.15, -0.1) is 10.2 Å². The summed E-state index contributed by atoms with van der Waals surface area (Å²) in [6, 6.07) is 4.66. The van der Waals surface area contributed by atoms with Gasteiger partial charge in [-0.3, -0.25) is 5.32 Å². The van der Waals surface area contributed by atoms with Gasteiger partial charge in [0.1, 0.15) is 10.0 Å². The molecule has 37 heavy (non-hydrogen) atoms. The standard InChI is InChI=1S/C24H35N5O6S2/c1-6-25-37(32,33)20-13-18(27-24(31)35-15(4)5)11-12-19(20)22-29-28-21(36-22)16-7-9-17(10-8-16)26-23(30)34-14(2)3/h11-17,25H,6-10H2,1-5H3,(H,26,30)(H,27,31). The molecular formula is C24H35N5O6S2. The number of carbonyl (C=O) groups is 2. The number of anilines is 1. The lowest BCUT2D eigenvalue weighted by Gasteiger charge is -2.27. The van der Waals surface area contributed by atoms with E-state index in [1.165, 1.54) is 17.4 Å². The summed E-state index contributed by atoms with van der Waals surface area (Å²) in [5.41, 5.74) is 0.691. The van der Waals surface area contributed by atoms with Crippen LogP contribution in [0.3, 0.4) is 0 Å². The quantitative estimate of drug-likeness (QED) is 0.407. The summed E-state index contributed by atoms with van der Waals surface area (Å²) in [4.78, 5) is 23.9. The van der Waals surface area contributed by atoms with Crippen LogP contribution in [-0.4, -0.2) is 55.6 Å². The molecule has 13 heteroatoms. The number of hydrogen-bond donors (Lipinski definition) is 3. The van der Waals surface area contributed by atoms with Crippen LogP contribution < -0.4 is 15.4 Å². The van der Waals surface area contributed by atoms with E-state index in [0.717, 1.165) is 30.7 Å². The molecule has 0 atom stereocenters. The smallest absolute Gasteiger partial charge is 0.411 e. The normalized spacial score (nSPS) is 18.0. The minimum atomic E-state index is -3.87. The van der Waals surface area contributed by atoms with Crippen molar-refractivity contribution in [2.24, 2.45) is 0 Å². The molecule has 0 radical (unpaired) electrons. The molecule has 1 aliphatic carbocycles. The molecule has 204 valence electrons. The molecule has 0 saturated heterocycles. The van der Waals surface area contributed by atoms with Gasteiger partial charge in [-0.2, -0.15) is 0 Å². The third-order valence-electron chi connectivity index (χ3n) is 5.61. The second-order valence-electron chi connectivity index (χ2n) is 9.38. The fourth-order valence-corrected chi connectivity index (χ4v) is 6.42. The van der Waals surface area contributed by atoms with Crippen LogP contribution in [0.25, 0.3) is 10.6 Å². The predicted octanol–water partition coefficient (Wildman–Crippen LogP) is 4.62. The third kappa shape index (κ3) is 8.11. The Labute approximate surface area is 221 Å². The molecule has 1 aliphatic rings. The summed E-state index contributed by atoms with van der Waals surface area (Å²) in [7, 11) is -3.87. The highest BCUT2D eigenvalue weighted by atomic mass is 32.2. The minimum absolute atomic E-state index is 0.00373. The van der Waals surface area contributed by atoms with Crippen molar-refractivity contribution in [3.05, 3.63) is 23.2 Å². The second-order valence-corrected chi connectivity index (χ2v) is 12.1. The molecule has 0 spiro atoms. The molecule has 2 amide bonds. The highest BCUT2D eigenvalue weighted by molar-refractivity contribution is 7.89. The highest BCUT2D eigenvalue weighted by Crippen LogP contribution is 2.38. The Morgan fingerprint density at radius 1 is 1.03 bits per heavy atom. The summed E-state index contributed by atoms with van der Waals surface area (Å²) in [6.07, 6.45) is 1.67. The number of sulfonamides is 1. The van der Waals surface area contributed by atoms with Gasteiger partial charge in [0.2, 0.25) is 10.0 Å². The molecule has 2 aromatic rings. The Balaban J connectivity index is 1.77. The van der Waals surface area contributed by atoms with Crippen LogP contribution in [0, 0.1) is 0 Å². The van der Waals surface area contributed by atoms with Crippen LogP contribution in [0.2, 0.25) is 0 Å². The number of hydrogen-bond acceptors (Lipinski definition) is 9. The van der Waals surface area contributed by atoms with Crippen molar-refractivity contribution in [2.45, 2.75) is 89.4 Å². The van der Waals surface area contributed by atoms with Crippen LogP contribution in [0.4, 0.5) is 15.3 Å². The fraction of sp³-hybridized carbons (Fsp3) is 0.583. The largest absolute Gasteiger partial charge is 0.447 e. The van der Waals surface area contributed by atoms with Gasteiger partial charge in [0, 0.05) is 29.8 Å². The van der Waals surface area contributed by atoms with Crippen LogP contribution in [0.15, 0.2) is 23.1 Å². The van der Waals surface area contributed by atoms with Crippen LogP contribution in [-0.2, 0) is 19.5 Å². The topological polar surface area (TPSA) is 149 Å². The van der Waals surface area contributed by atoms with Crippen molar-refractivity contribution in [3.63, 3.8) is 0 Å². The molecule has 0 bridgehead atoms. The Bertz CT molecular complexity index is 1190. The summed E-state index contributed by atoms with van der Waals surface area (Å²) < 4.78 is 38.8. The lowest BCUT2D eigenvalue weighted by atomic mass is 9.86. The molecule has 0 aliphatic heterocycles. The molecule has 1 saturated carbocycles. The number of nitrogens with one attached hydrogen (secondary N) is 3. The summed E-state index contributed by atoms with van der Waals surface area (Å²) >= 11 is 1.35. The number of benzene rings is 1. The number of amides is 2. The number of carbonyl (C=O) groups excluding carboxylic acids is 2. The van der Waals surface area contributed by atoms with E-state index in [0.29, 0.717) is 10.6 Å². The van der Waals surface area contributed by atoms with Gasteiger partial charge in [0.05, 0.1) is 17.1 Å². The average molecular weight is 554 g/mol. The predicted molar refractivity (Wildman–Crippen MR) is 141 cm³/mol. The van der Waals surface area contributed by atoms with Crippen LogP contribution >= 0.6 is 11.3 Å². The van der Waals surface area contributed by atoms with Gasteiger partial charge in [-0.05, 0) is 71.6 Å². The van der Waals surface area contributed by atoms with Crippen molar-refractivity contribution in [3.8, 4) is 10.6 Å². The van der Waals surface area contributed by atoms with Gasteiger partial charge in [-0.1, -0.05) is 18.3 Å². The zero-order valence-electron chi connectivity index (χ0n) is 21.7. The zero-order valence-corrected chi connectivity index (χ0v) is 23.4. The number of nitrogens with zero attached hydrogens (tertiary/aromatic N) is 2. The van der Waals surface area contributed by atoms with E-state index < -0.39 is 22.2 Å². The van der Waals surface area contributed by atoms with E-state index in [9.17, 15) is 18.0 Å². The number of alkyl carbamates (subject to hydrolysis) is 1. The van der Waals surface area contributed by atoms with Gasteiger partial charge < -0.3 is 14.8 Å². The summed E-state index contributed by atoms with van der Waals surface area (Å²) in [6.45, 7) is 8.96. The van der Waals surface area contributed by atoms with E-state index in [1.807, 2.05) is 13.8 Å². The van der Waals surface area contributed by atoms with Gasteiger partial charge in [0.15, 0.2) is 0 Å². The highest BCUT2D eigenvalue weighted by Gasteiger charge is 2.28. The number of ether oxygens (including phenoxy) is 2. The first-order chi connectivity index (χ1) is 17.5. The van der Waals surface area contributed by atoms with E-state index in [-0.39, 0.29) is 41.3 Å². The van der Waals surface area contributed by atoms with Crippen molar-refractivity contribution in [2.75, 3.05) is 11.9 Å². The molecule has 0 unspecified atom stereocenters. The number of aromatic nitrogens is 2. The monoisotopic (exact) mass is 553 g/mol. The maximum absolute atomic E-state index is 13.0. The summed E-state index contributed by atoms with van der Waals surface area (Å²) in [5, 5.41) is 15.4. The van der Waals surface area contributed by atoms with Gasteiger partial charge in [-0.25, -0.2) is 22.7 Å². The molecule has 1 fully saturated rings. The van der Waals surface area contributed by atoms with Crippen LogP contribution in [0.5, 0.6) is 0 Å². The Kier molecular flexibility index (Phi) is 9.85. The Morgan fingerprint density at radius 2 is 1.68 bits per heavy atom. The molecule has 1 aromatic heterocycles. The molecule has 11 nitrogen and oxygen atoms in total. The fourth-order valence-electron chi connectivity index (χ4n) is 4.04. The second kappa shape index (κ2) is 12.7. The van der Waals surface area contributed by atoms with Gasteiger partial charge in [0.25, 0.3) is 0 Å². The first-order valence-electron chi connectivity index (χ1n) is 12.4. The lowest BCUT2D eigenvalue weighted by Crippen LogP contribution is -2.38. The van der Waals surface area contributed by atoms with E-state index in [4.69, 9.17) is 9.47 Å². The first-order valence-corrected chi connectivity index (χ1v) is 14.7. The first kappa shape index (κ1) is 28.8. The molecular weight excluding hydrogens is 518 g/mol. The summed E-state index contributed by atoms with van der Waals surface area (Å²) in [5.74, 6) is 0.172.